The standard InChI is InChI=1S/C29H25ClN3O9PS/c1-18(41-43(30,38)42-23-14-12-22(39-2)13-15-23)26(29(35)40-17-20-8-10-21(11-9-20)33(36)37)32-27(34)25-28(32)44-24(31-25)16-19-6-4-3-5-7-19/h3-15,25,28H,16-17H2,1-2H3. The van der Waals surface area contributed by atoms with Crippen LogP contribution in [0.4, 0.5) is 5.69 Å². The number of methoxy groups -OCH3 is 1. The molecule has 1 saturated heterocycles. The smallest absolute Gasteiger partial charge is 0.497 e. The van der Waals surface area contributed by atoms with Gasteiger partial charge in [-0.15, -0.1) is 0 Å². The molecule has 0 radical (unpaired) electrons. The Morgan fingerprint density at radius 1 is 1.05 bits per heavy atom. The van der Waals surface area contributed by atoms with Crippen LogP contribution in [0.2, 0.25) is 0 Å². The number of halogens is 1. The van der Waals surface area contributed by atoms with Gasteiger partial charge in [-0.3, -0.25) is 24.8 Å². The largest absolute Gasteiger partial charge is 0.530 e. The van der Waals surface area contributed by atoms with Gasteiger partial charge in [0.15, 0.2) is 11.7 Å². The third kappa shape index (κ3) is 7.07. The number of likely N-dealkylation sites (tertiary alicyclic amines) is 1. The van der Waals surface area contributed by atoms with E-state index in [1.54, 1.807) is 12.1 Å². The van der Waals surface area contributed by atoms with E-state index in [1.165, 1.54) is 67.1 Å². The summed E-state index contributed by atoms with van der Waals surface area (Å²) < 4.78 is 34.6. The number of esters is 1. The van der Waals surface area contributed by atoms with Crippen LogP contribution < -0.4 is 9.26 Å². The zero-order chi connectivity index (χ0) is 31.4. The number of hydrogen-bond acceptors (Lipinski definition) is 11. The summed E-state index contributed by atoms with van der Waals surface area (Å²) in [5.74, 6) is -1.06. The molecule has 12 nitrogen and oxygen atoms in total. The first-order valence-electron chi connectivity index (χ1n) is 13.1. The first-order valence-corrected chi connectivity index (χ1v) is 16.4. The molecule has 1 fully saturated rings. The molecular weight excluding hydrogens is 633 g/mol. The number of carbonyl (C=O) groups is 2. The summed E-state index contributed by atoms with van der Waals surface area (Å²) in [7, 11) is 1.49. The number of ether oxygens (including phenoxy) is 2. The summed E-state index contributed by atoms with van der Waals surface area (Å²) in [6.07, 6.45) is 0.505. The van der Waals surface area contributed by atoms with Crippen LogP contribution in [0.15, 0.2) is 95.3 Å². The second-order valence-electron chi connectivity index (χ2n) is 9.54. The van der Waals surface area contributed by atoms with Gasteiger partial charge in [0.2, 0.25) is 0 Å². The van der Waals surface area contributed by atoms with Crippen LogP contribution in [0.3, 0.4) is 0 Å². The van der Waals surface area contributed by atoms with Gasteiger partial charge < -0.3 is 18.5 Å². The highest BCUT2D eigenvalue weighted by atomic mass is 35.7. The number of nitro benzene ring substituents is 1. The summed E-state index contributed by atoms with van der Waals surface area (Å²) >= 11 is 7.46. The first kappa shape index (κ1) is 31.1. The van der Waals surface area contributed by atoms with Crippen molar-refractivity contribution in [1.82, 2.24) is 4.90 Å². The molecule has 1 amide bonds. The number of nitro groups is 1. The second-order valence-corrected chi connectivity index (χ2v) is 13.2. The zero-order valence-corrected chi connectivity index (χ0v) is 25.8. The number of thioether (sulfide) groups is 1. The van der Waals surface area contributed by atoms with Gasteiger partial charge in [-0.25, -0.2) is 9.36 Å². The van der Waals surface area contributed by atoms with Crippen molar-refractivity contribution in [2.24, 2.45) is 4.99 Å². The van der Waals surface area contributed by atoms with Crippen molar-refractivity contribution in [2.75, 3.05) is 7.11 Å². The number of rotatable bonds is 12. The molecule has 15 heteroatoms. The molecule has 5 rings (SSSR count). The Bertz CT molecular complexity index is 1680. The lowest BCUT2D eigenvalue weighted by Crippen LogP contribution is -2.61. The molecule has 3 unspecified atom stereocenters. The number of carbonyl (C=O) groups excluding carboxylic acids is 2. The SMILES string of the molecule is COc1ccc(OP(=O)(Cl)OC(C)=C(C(=O)OCc2ccc([N+](=O)[O-])cc2)N2C(=O)C3N=C(Cc4ccccc4)SC32)cc1. The number of nitrogens with zero attached hydrogens (tertiary/aromatic N) is 3. The number of β-lactam (4-membered cyclic amide) rings is 1. The molecule has 3 atom stereocenters. The van der Waals surface area contributed by atoms with Crippen LogP contribution in [0.5, 0.6) is 11.5 Å². The minimum atomic E-state index is -4.38. The summed E-state index contributed by atoms with van der Waals surface area (Å²) in [4.78, 5) is 42.9. The fourth-order valence-corrected chi connectivity index (χ4v) is 7.13. The number of amides is 1. The highest BCUT2D eigenvalue weighted by Crippen LogP contribution is 2.56. The van der Waals surface area contributed by atoms with Crippen LogP contribution in [-0.4, -0.2) is 45.3 Å². The summed E-state index contributed by atoms with van der Waals surface area (Å²) in [6, 6.07) is 20.4. The molecule has 0 saturated carbocycles. The third-order valence-corrected chi connectivity index (χ3v) is 9.12. The summed E-state index contributed by atoms with van der Waals surface area (Å²) in [5.41, 5.74) is 1.03. The molecule has 3 aromatic carbocycles. The number of non-ortho nitro benzene ring substituents is 1. The molecule has 0 bridgehead atoms. The zero-order valence-electron chi connectivity index (χ0n) is 23.3. The van der Waals surface area contributed by atoms with E-state index < -0.39 is 35.2 Å². The van der Waals surface area contributed by atoms with Gasteiger partial charge in [-0.05, 0) is 54.4 Å². The van der Waals surface area contributed by atoms with E-state index in [1.807, 2.05) is 30.3 Å². The normalized spacial score (nSPS) is 19.0. The Balaban J connectivity index is 1.37. The fourth-order valence-electron chi connectivity index (χ4n) is 4.44. The Morgan fingerprint density at radius 2 is 1.70 bits per heavy atom. The molecule has 3 aromatic rings. The number of fused-ring (bicyclic) bond motifs is 1. The Morgan fingerprint density at radius 3 is 2.34 bits per heavy atom. The van der Waals surface area contributed by atoms with Gasteiger partial charge in [-0.2, -0.15) is 0 Å². The highest BCUT2D eigenvalue weighted by Gasteiger charge is 2.55. The molecular formula is C29H25ClN3O9PS. The maximum absolute atomic E-state index is 13.5. The van der Waals surface area contributed by atoms with Gasteiger partial charge in [0, 0.05) is 29.8 Å². The van der Waals surface area contributed by atoms with Gasteiger partial charge in [0.25, 0.3) is 11.6 Å². The van der Waals surface area contributed by atoms with E-state index in [-0.39, 0.29) is 29.5 Å². The number of aliphatic imine (C=N–C) groups is 1. The maximum atomic E-state index is 13.5. The molecule has 0 aliphatic carbocycles. The third-order valence-electron chi connectivity index (χ3n) is 6.56. The van der Waals surface area contributed by atoms with Crippen molar-refractivity contribution in [3.05, 3.63) is 112 Å². The second kappa shape index (κ2) is 13.1. The predicted molar refractivity (Wildman–Crippen MR) is 163 cm³/mol. The van der Waals surface area contributed by atoms with Crippen LogP contribution >= 0.6 is 30.0 Å². The number of hydrogen-bond donors (Lipinski definition) is 0. The van der Waals surface area contributed by atoms with E-state index in [9.17, 15) is 24.3 Å². The topological polar surface area (TPSA) is 147 Å². The van der Waals surface area contributed by atoms with Crippen molar-refractivity contribution in [3.8, 4) is 11.5 Å². The molecule has 228 valence electrons. The monoisotopic (exact) mass is 657 g/mol. The fraction of sp³-hybridized carbons (Fsp3) is 0.207. The van der Waals surface area contributed by atoms with E-state index in [4.69, 9.17) is 29.8 Å². The van der Waals surface area contributed by atoms with Crippen LogP contribution in [0, 0.1) is 10.1 Å². The molecule has 44 heavy (non-hydrogen) atoms. The maximum Gasteiger partial charge on any atom is 0.530 e. The molecule has 2 heterocycles. The van der Waals surface area contributed by atoms with E-state index in [2.05, 4.69) is 4.99 Å². The Hall–Kier alpha value is -4.32. The highest BCUT2D eigenvalue weighted by molar-refractivity contribution is 8.14. The lowest BCUT2D eigenvalue weighted by molar-refractivity contribution is -0.384. The summed E-state index contributed by atoms with van der Waals surface area (Å²) in [6.45, 7) is -3.33. The molecule has 2 aliphatic rings. The molecule has 0 spiro atoms. The van der Waals surface area contributed by atoms with E-state index in [0.717, 1.165) is 5.56 Å². The van der Waals surface area contributed by atoms with Crippen LogP contribution in [-0.2, 0) is 36.4 Å². The van der Waals surface area contributed by atoms with Crippen molar-refractivity contribution in [1.29, 1.82) is 0 Å². The molecule has 0 aromatic heterocycles. The molecule has 2 aliphatic heterocycles. The predicted octanol–water partition coefficient (Wildman–Crippen LogP) is 6.25. The van der Waals surface area contributed by atoms with Crippen molar-refractivity contribution < 1.29 is 37.6 Å². The van der Waals surface area contributed by atoms with Gasteiger partial charge in [0.1, 0.15) is 29.2 Å². The minimum Gasteiger partial charge on any atom is -0.497 e. The molecule has 0 N–H and O–H groups in total. The van der Waals surface area contributed by atoms with Gasteiger partial charge in [-0.1, -0.05) is 42.1 Å². The summed E-state index contributed by atoms with van der Waals surface area (Å²) in [5, 5.41) is 11.1. The van der Waals surface area contributed by atoms with Crippen LogP contribution in [0.1, 0.15) is 18.1 Å². The van der Waals surface area contributed by atoms with Crippen molar-refractivity contribution in [3.63, 3.8) is 0 Å². The average molecular weight is 658 g/mol. The van der Waals surface area contributed by atoms with Gasteiger partial charge in [0.05, 0.1) is 17.1 Å². The van der Waals surface area contributed by atoms with Crippen LogP contribution in [0.25, 0.3) is 0 Å². The van der Waals surface area contributed by atoms with Crippen molar-refractivity contribution >= 4 is 52.6 Å². The lowest BCUT2D eigenvalue weighted by Gasteiger charge is -2.41. The average Bonchev–Trinajstić information content (AvgIpc) is 3.37. The Labute approximate surface area is 261 Å². The Kier molecular flexibility index (Phi) is 9.28. The minimum absolute atomic E-state index is 0.115. The van der Waals surface area contributed by atoms with E-state index in [0.29, 0.717) is 22.8 Å². The lowest BCUT2D eigenvalue weighted by atomic mass is 10.1. The number of allylic oxidation sites excluding steroid dienone is 1. The van der Waals surface area contributed by atoms with E-state index >= 15 is 0 Å². The van der Waals surface area contributed by atoms with Crippen molar-refractivity contribution in [2.45, 2.75) is 31.4 Å². The number of benzene rings is 3. The quantitative estimate of drug-likeness (QED) is 0.0417. The van der Waals surface area contributed by atoms with Gasteiger partial charge >= 0.3 is 12.9 Å². The first-order chi connectivity index (χ1) is 21.0.